The number of phenols is 1. The van der Waals surface area contributed by atoms with Crippen LogP contribution >= 0.6 is 0 Å². The zero-order valence-electron chi connectivity index (χ0n) is 10.8. The van der Waals surface area contributed by atoms with Crippen LogP contribution in [0.5, 0.6) is 11.5 Å². The van der Waals surface area contributed by atoms with Crippen LogP contribution < -0.4 is 9.64 Å². The van der Waals surface area contributed by atoms with Crippen LogP contribution in [-0.2, 0) is 0 Å². The van der Waals surface area contributed by atoms with E-state index in [4.69, 9.17) is 10.00 Å². The lowest BCUT2D eigenvalue weighted by molar-refractivity contribution is 0.0582. The quantitative estimate of drug-likeness (QED) is 0.833. The molecule has 1 aliphatic rings. The lowest BCUT2D eigenvalue weighted by Crippen LogP contribution is -2.50. The molecule has 1 aromatic carbocycles. The van der Waals surface area contributed by atoms with E-state index in [1.807, 2.05) is 4.90 Å². The first-order chi connectivity index (χ1) is 8.64. The van der Waals surface area contributed by atoms with E-state index in [0.29, 0.717) is 13.1 Å². The zero-order valence-corrected chi connectivity index (χ0v) is 10.8. The molecular weight excluding hydrogens is 228 g/mol. The van der Waals surface area contributed by atoms with Crippen LogP contribution in [0.15, 0.2) is 18.2 Å². The first-order valence-corrected chi connectivity index (χ1v) is 6.28. The molecule has 0 saturated heterocycles. The summed E-state index contributed by atoms with van der Waals surface area (Å²) in [5.41, 5.74) is 0.565. The summed E-state index contributed by atoms with van der Waals surface area (Å²) in [5, 5.41) is 18.5. The van der Waals surface area contributed by atoms with E-state index in [0.717, 1.165) is 24.3 Å². The molecule has 18 heavy (non-hydrogen) atoms. The van der Waals surface area contributed by atoms with Gasteiger partial charge in [-0.3, -0.25) is 0 Å². The van der Waals surface area contributed by atoms with Gasteiger partial charge in [0, 0.05) is 6.07 Å². The Bertz CT molecular complexity index is 475. The van der Waals surface area contributed by atoms with Gasteiger partial charge in [-0.15, -0.1) is 0 Å². The molecule has 0 atom stereocenters. The molecule has 0 radical (unpaired) electrons. The molecule has 0 aliphatic carbocycles. The van der Waals surface area contributed by atoms with Crippen LogP contribution in [0.25, 0.3) is 0 Å². The highest BCUT2D eigenvalue weighted by molar-refractivity contribution is 5.63. The van der Waals surface area contributed by atoms with Crippen molar-refractivity contribution in [3.05, 3.63) is 18.2 Å². The molecule has 96 valence electrons. The van der Waals surface area contributed by atoms with Gasteiger partial charge in [-0.2, -0.15) is 5.26 Å². The Labute approximate surface area is 107 Å². The number of rotatable bonds is 3. The first kappa shape index (κ1) is 12.6. The van der Waals surface area contributed by atoms with E-state index < -0.39 is 0 Å². The van der Waals surface area contributed by atoms with Gasteiger partial charge >= 0.3 is 0 Å². The summed E-state index contributed by atoms with van der Waals surface area (Å²) in [6.45, 7) is 5.19. The van der Waals surface area contributed by atoms with Gasteiger partial charge in [0.15, 0.2) is 0 Å². The molecule has 0 amide bonds. The summed E-state index contributed by atoms with van der Waals surface area (Å²) in [5.74, 6) is 0.943. The van der Waals surface area contributed by atoms with Crippen molar-refractivity contribution in [1.29, 1.82) is 5.26 Å². The first-order valence-electron chi connectivity index (χ1n) is 6.28. The minimum atomic E-state index is -0.235. The lowest BCUT2D eigenvalue weighted by atomic mass is 9.94. The Morgan fingerprint density at radius 2 is 2.17 bits per heavy atom. The molecule has 0 bridgehead atoms. The maximum Gasteiger partial charge on any atom is 0.143 e. The largest absolute Gasteiger partial charge is 0.508 e. The number of ether oxygens (including phenoxy) is 1. The predicted molar refractivity (Wildman–Crippen MR) is 69.9 cm³/mol. The average molecular weight is 246 g/mol. The normalized spacial score (nSPS) is 16.6. The number of hydrogen-bond donors (Lipinski definition) is 1. The van der Waals surface area contributed by atoms with Crippen molar-refractivity contribution >= 4 is 5.69 Å². The second-order valence-corrected chi connectivity index (χ2v) is 4.66. The van der Waals surface area contributed by atoms with Gasteiger partial charge < -0.3 is 14.7 Å². The van der Waals surface area contributed by atoms with E-state index in [9.17, 15) is 5.11 Å². The number of phenolic OH excluding ortho intramolecular Hbond substituents is 1. The molecule has 1 N–H and O–H groups in total. The molecule has 1 heterocycles. The Morgan fingerprint density at radius 1 is 1.44 bits per heavy atom. The fraction of sp³-hybridized carbons (Fsp3) is 0.500. The van der Waals surface area contributed by atoms with Gasteiger partial charge in [0.05, 0.1) is 18.3 Å². The van der Waals surface area contributed by atoms with E-state index in [-0.39, 0.29) is 11.4 Å². The van der Waals surface area contributed by atoms with Crippen LogP contribution in [-0.4, -0.2) is 23.8 Å². The van der Waals surface area contributed by atoms with E-state index in [2.05, 4.69) is 19.9 Å². The second-order valence-electron chi connectivity index (χ2n) is 4.66. The maximum absolute atomic E-state index is 9.55. The van der Waals surface area contributed by atoms with Crippen LogP contribution in [0.2, 0.25) is 0 Å². The minimum absolute atomic E-state index is 0.195. The molecule has 4 heteroatoms. The summed E-state index contributed by atoms with van der Waals surface area (Å²) in [6.07, 6.45) is 1.79. The Morgan fingerprint density at radius 3 is 2.78 bits per heavy atom. The zero-order chi connectivity index (χ0) is 13.2. The molecule has 2 rings (SSSR count). The molecule has 0 saturated carbocycles. The highest BCUT2D eigenvalue weighted by atomic mass is 16.5. The standard InChI is InChI=1S/C14H18N2O2/c1-3-14(4-2)10-16(8-7-15)12-9-11(17)5-6-13(12)18-14/h5-6,9,17H,3-4,8,10H2,1-2H3. The van der Waals surface area contributed by atoms with Crippen molar-refractivity contribution in [1.82, 2.24) is 0 Å². The maximum atomic E-state index is 9.55. The van der Waals surface area contributed by atoms with Crippen LogP contribution in [0, 0.1) is 11.3 Å². The highest BCUT2D eigenvalue weighted by Gasteiger charge is 2.36. The number of aromatic hydroxyl groups is 1. The topological polar surface area (TPSA) is 56.5 Å². The second kappa shape index (κ2) is 4.77. The summed E-state index contributed by atoms with van der Waals surface area (Å²) in [4.78, 5) is 1.98. The molecule has 1 aromatic rings. The molecule has 4 nitrogen and oxygen atoms in total. The van der Waals surface area contributed by atoms with E-state index >= 15 is 0 Å². The smallest absolute Gasteiger partial charge is 0.143 e. The molecular formula is C14H18N2O2. The van der Waals surface area contributed by atoms with E-state index in [1.54, 1.807) is 18.2 Å². The Kier molecular flexibility index (Phi) is 3.33. The number of nitriles is 1. The molecule has 0 spiro atoms. The minimum Gasteiger partial charge on any atom is -0.508 e. The van der Waals surface area contributed by atoms with Gasteiger partial charge in [0.2, 0.25) is 0 Å². The number of nitrogens with zero attached hydrogens (tertiary/aromatic N) is 2. The number of hydrogen-bond acceptors (Lipinski definition) is 4. The van der Waals surface area contributed by atoms with Gasteiger partial charge in [-0.1, -0.05) is 13.8 Å². The third-order valence-electron chi connectivity index (χ3n) is 3.64. The molecule has 0 fully saturated rings. The third-order valence-corrected chi connectivity index (χ3v) is 3.64. The molecule has 0 unspecified atom stereocenters. The Hall–Kier alpha value is -1.89. The van der Waals surface area contributed by atoms with Crippen LogP contribution in [0.3, 0.4) is 0 Å². The fourth-order valence-electron chi connectivity index (χ4n) is 2.38. The fourth-order valence-corrected chi connectivity index (χ4v) is 2.38. The van der Waals surface area contributed by atoms with Gasteiger partial charge in [-0.25, -0.2) is 0 Å². The third kappa shape index (κ3) is 2.08. The van der Waals surface area contributed by atoms with Crippen molar-refractivity contribution < 1.29 is 9.84 Å². The summed E-state index contributed by atoms with van der Waals surface area (Å²) in [7, 11) is 0. The summed E-state index contributed by atoms with van der Waals surface area (Å²) in [6, 6.07) is 7.22. The van der Waals surface area contributed by atoms with Gasteiger partial charge in [-0.05, 0) is 25.0 Å². The van der Waals surface area contributed by atoms with Crippen LogP contribution in [0.4, 0.5) is 5.69 Å². The molecule has 0 aromatic heterocycles. The SMILES string of the molecule is CCC1(CC)CN(CC#N)c2cc(O)ccc2O1. The van der Waals surface area contributed by atoms with Crippen molar-refractivity contribution in [3.8, 4) is 17.6 Å². The summed E-state index contributed by atoms with van der Waals surface area (Å²) >= 11 is 0. The van der Waals surface area contributed by atoms with Crippen molar-refractivity contribution in [3.63, 3.8) is 0 Å². The average Bonchev–Trinajstić information content (AvgIpc) is 2.39. The number of benzene rings is 1. The van der Waals surface area contributed by atoms with Crippen LogP contribution in [0.1, 0.15) is 26.7 Å². The van der Waals surface area contributed by atoms with Crippen molar-refractivity contribution in [2.75, 3.05) is 18.0 Å². The van der Waals surface area contributed by atoms with Crippen molar-refractivity contribution in [2.45, 2.75) is 32.3 Å². The van der Waals surface area contributed by atoms with Crippen molar-refractivity contribution in [2.24, 2.45) is 0 Å². The van der Waals surface area contributed by atoms with Gasteiger partial charge in [0.1, 0.15) is 23.6 Å². The predicted octanol–water partition coefficient (Wildman–Crippen LogP) is 2.67. The summed E-state index contributed by atoms with van der Waals surface area (Å²) < 4.78 is 6.09. The Balaban J connectivity index is 2.43. The van der Waals surface area contributed by atoms with E-state index in [1.165, 1.54) is 0 Å². The number of anilines is 1. The lowest BCUT2D eigenvalue weighted by Gasteiger charge is -2.43. The monoisotopic (exact) mass is 246 g/mol. The van der Waals surface area contributed by atoms with Gasteiger partial charge in [0.25, 0.3) is 0 Å². The number of fused-ring (bicyclic) bond motifs is 1. The highest BCUT2D eigenvalue weighted by Crippen LogP contribution is 2.41. The molecule has 1 aliphatic heterocycles.